The van der Waals surface area contributed by atoms with Crippen molar-refractivity contribution >= 4 is 5.91 Å². The number of aliphatic hydroxyl groups is 1. The number of carbonyl (C=O) groups is 1. The molecule has 2 N–H and O–H groups in total. The standard InChI is InChI=1S/C8H13NO2/c1-6(10)9-7-2-4-8(11)5-3-7/h2,4,7-8,11H,3,5H2,1H3,(H,9,10). The molecule has 2 unspecified atom stereocenters. The van der Waals surface area contributed by atoms with Crippen LogP contribution in [0, 0.1) is 0 Å². The molecule has 1 amide bonds. The molecule has 0 fully saturated rings. The number of rotatable bonds is 1. The molecule has 0 saturated carbocycles. The maximum absolute atomic E-state index is 10.6. The number of amides is 1. The zero-order chi connectivity index (χ0) is 8.27. The summed E-state index contributed by atoms with van der Waals surface area (Å²) in [5.74, 6) is -0.0176. The van der Waals surface area contributed by atoms with Gasteiger partial charge in [0, 0.05) is 13.0 Å². The van der Waals surface area contributed by atoms with Crippen molar-refractivity contribution in [1.82, 2.24) is 5.32 Å². The molecule has 0 saturated heterocycles. The summed E-state index contributed by atoms with van der Waals surface area (Å²) in [6, 6.07) is 0.121. The Balaban J connectivity index is 2.38. The van der Waals surface area contributed by atoms with Crippen LogP contribution < -0.4 is 5.32 Å². The molecule has 1 aliphatic rings. The number of aliphatic hydroxyl groups excluding tert-OH is 1. The van der Waals surface area contributed by atoms with Crippen LogP contribution in [0.1, 0.15) is 19.8 Å². The molecule has 0 heterocycles. The fourth-order valence-corrected chi connectivity index (χ4v) is 1.19. The van der Waals surface area contributed by atoms with Crippen molar-refractivity contribution in [2.75, 3.05) is 0 Å². The number of hydrogen-bond donors (Lipinski definition) is 2. The van der Waals surface area contributed by atoms with Crippen LogP contribution in [0.3, 0.4) is 0 Å². The lowest BCUT2D eigenvalue weighted by Crippen LogP contribution is -2.34. The van der Waals surface area contributed by atoms with E-state index >= 15 is 0 Å². The Morgan fingerprint density at radius 2 is 2.27 bits per heavy atom. The van der Waals surface area contributed by atoms with Crippen molar-refractivity contribution in [1.29, 1.82) is 0 Å². The lowest BCUT2D eigenvalue weighted by Gasteiger charge is -2.19. The van der Waals surface area contributed by atoms with E-state index in [1.807, 2.05) is 6.08 Å². The van der Waals surface area contributed by atoms with Gasteiger partial charge in [0.15, 0.2) is 0 Å². The average molecular weight is 155 g/mol. The van der Waals surface area contributed by atoms with E-state index in [2.05, 4.69) is 5.32 Å². The van der Waals surface area contributed by atoms with Crippen molar-refractivity contribution in [3.05, 3.63) is 12.2 Å². The average Bonchev–Trinajstić information content (AvgIpc) is 1.93. The van der Waals surface area contributed by atoms with Gasteiger partial charge in [0.2, 0.25) is 5.91 Å². The van der Waals surface area contributed by atoms with Crippen LogP contribution in [-0.4, -0.2) is 23.2 Å². The van der Waals surface area contributed by atoms with Gasteiger partial charge in [-0.1, -0.05) is 12.2 Å². The summed E-state index contributed by atoms with van der Waals surface area (Å²) in [7, 11) is 0. The van der Waals surface area contributed by atoms with Crippen molar-refractivity contribution in [2.24, 2.45) is 0 Å². The van der Waals surface area contributed by atoms with Gasteiger partial charge in [0.05, 0.1) is 6.10 Å². The first-order valence-electron chi connectivity index (χ1n) is 3.82. The quantitative estimate of drug-likeness (QED) is 0.531. The first-order valence-corrected chi connectivity index (χ1v) is 3.82. The second-order valence-electron chi connectivity index (χ2n) is 2.84. The Kier molecular flexibility index (Phi) is 2.65. The molecule has 0 aromatic carbocycles. The highest BCUT2D eigenvalue weighted by Gasteiger charge is 2.13. The van der Waals surface area contributed by atoms with Crippen LogP contribution in [0.2, 0.25) is 0 Å². The largest absolute Gasteiger partial charge is 0.389 e. The van der Waals surface area contributed by atoms with Crippen LogP contribution in [0.15, 0.2) is 12.2 Å². The zero-order valence-electron chi connectivity index (χ0n) is 6.58. The molecule has 2 atom stereocenters. The number of hydrogen-bond acceptors (Lipinski definition) is 2. The summed E-state index contributed by atoms with van der Waals surface area (Å²) in [4.78, 5) is 10.6. The maximum Gasteiger partial charge on any atom is 0.217 e. The Morgan fingerprint density at radius 1 is 1.55 bits per heavy atom. The van der Waals surface area contributed by atoms with Gasteiger partial charge >= 0.3 is 0 Å². The molecule has 1 rings (SSSR count). The minimum atomic E-state index is -0.319. The van der Waals surface area contributed by atoms with Crippen LogP contribution in [-0.2, 0) is 4.79 Å². The highest BCUT2D eigenvalue weighted by molar-refractivity contribution is 5.73. The third kappa shape index (κ3) is 2.72. The summed E-state index contributed by atoms with van der Waals surface area (Å²) in [6.07, 6.45) is 4.82. The first kappa shape index (κ1) is 8.27. The molecule has 0 spiro atoms. The van der Waals surface area contributed by atoms with E-state index < -0.39 is 0 Å². The highest BCUT2D eigenvalue weighted by Crippen LogP contribution is 2.10. The van der Waals surface area contributed by atoms with Gasteiger partial charge < -0.3 is 10.4 Å². The van der Waals surface area contributed by atoms with Crippen molar-refractivity contribution in [3.8, 4) is 0 Å². The molecule has 0 aliphatic heterocycles. The molecule has 0 radical (unpaired) electrons. The SMILES string of the molecule is CC(=O)NC1C=CC(O)CC1. The van der Waals surface area contributed by atoms with E-state index in [1.54, 1.807) is 6.08 Å². The number of nitrogens with one attached hydrogen (secondary N) is 1. The maximum atomic E-state index is 10.6. The lowest BCUT2D eigenvalue weighted by atomic mass is 10.0. The first-order chi connectivity index (χ1) is 5.18. The molecule has 3 heteroatoms. The molecule has 62 valence electrons. The van der Waals surface area contributed by atoms with Gasteiger partial charge in [-0.3, -0.25) is 4.79 Å². The predicted molar refractivity (Wildman–Crippen MR) is 42.0 cm³/mol. The summed E-state index contributed by atoms with van der Waals surface area (Å²) in [5.41, 5.74) is 0. The summed E-state index contributed by atoms with van der Waals surface area (Å²) in [5, 5.41) is 11.8. The Bertz CT molecular complexity index is 177. The lowest BCUT2D eigenvalue weighted by molar-refractivity contribution is -0.119. The fraction of sp³-hybridized carbons (Fsp3) is 0.625. The minimum Gasteiger partial charge on any atom is -0.389 e. The predicted octanol–water partition coefficient (Wildman–Crippen LogP) is 0.202. The zero-order valence-corrected chi connectivity index (χ0v) is 6.58. The second-order valence-corrected chi connectivity index (χ2v) is 2.84. The van der Waals surface area contributed by atoms with E-state index in [0.29, 0.717) is 0 Å². The van der Waals surface area contributed by atoms with E-state index in [4.69, 9.17) is 5.11 Å². The van der Waals surface area contributed by atoms with E-state index in [0.717, 1.165) is 12.8 Å². The molecule has 0 aromatic rings. The molecular formula is C8H13NO2. The summed E-state index contributed by atoms with van der Waals surface area (Å²) < 4.78 is 0. The minimum absolute atomic E-state index is 0.0176. The molecule has 0 aromatic heterocycles. The molecular weight excluding hydrogens is 142 g/mol. The van der Waals surface area contributed by atoms with Crippen molar-refractivity contribution in [2.45, 2.75) is 31.9 Å². The Morgan fingerprint density at radius 3 is 2.73 bits per heavy atom. The van der Waals surface area contributed by atoms with E-state index in [-0.39, 0.29) is 18.1 Å². The molecule has 11 heavy (non-hydrogen) atoms. The van der Waals surface area contributed by atoms with E-state index in [9.17, 15) is 4.79 Å². The smallest absolute Gasteiger partial charge is 0.217 e. The Labute approximate surface area is 66.1 Å². The van der Waals surface area contributed by atoms with Crippen LogP contribution in [0.5, 0.6) is 0 Å². The van der Waals surface area contributed by atoms with Gasteiger partial charge in [0.25, 0.3) is 0 Å². The third-order valence-electron chi connectivity index (χ3n) is 1.73. The fourth-order valence-electron chi connectivity index (χ4n) is 1.19. The number of carbonyl (C=O) groups excluding carboxylic acids is 1. The third-order valence-corrected chi connectivity index (χ3v) is 1.73. The molecule has 0 bridgehead atoms. The van der Waals surface area contributed by atoms with Crippen molar-refractivity contribution < 1.29 is 9.90 Å². The van der Waals surface area contributed by atoms with Gasteiger partial charge in [-0.25, -0.2) is 0 Å². The topological polar surface area (TPSA) is 49.3 Å². The second kappa shape index (κ2) is 3.53. The van der Waals surface area contributed by atoms with Crippen LogP contribution in [0.4, 0.5) is 0 Å². The van der Waals surface area contributed by atoms with E-state index in [1.165, 1.54) is 6.92 Å². The normalized spacial score (nSPS) is 30.0. The van der Waals surface area contributed by atoms with Gasteiger partial charge in [0.1, 0.15) is 0 Å². The summed E-state index contributed by atoms with van der Waals surface area (Å²) >= 11 is 0. The Hall–Kier alpha value is -0.830. The molecule has 1 aliphatic carbocycles. The monoisotopic (exact) mass is 155 g/mol. The van der Waals surface area contributed by atoms with Gasteiger partial charge in [-0.05, 0) is 12.8 Å². The molecule has 3 nitrogen and oxygen atoms in total. The summed E-state index contributed by atoms with van der Waals surface area (Å²) in [6.45, 7) is 1.50. The highest BCUT2D eigenvalue weighted by atomic mass is 16.3. The van der Waals surface area contributed by atoms with Crippen LogP contribution >= 0.6 is 0 Å². The van der Waals surface area contributed by atoms with Gasteiger partial charge in [-0.2, -0.15) is 0 Å². The van der Waals surface area contributed by atoms with Gasteiger partial charge in [-0.15, -0.1) is 0 Å². The van der Waals surface area contributed by atoms with Crippen molar-refractivity contribution in [3.63, 3.8) is 0 Å². The van der Waals surface area contributed by atoms with Crippen LogP contribution in [0.25, 0.3) is 0 Å².